The second kappa shape index (κ2) is 5.83. The van der Waals surface area contributed by atoms with Crippen molar-refractivity contribution < 1.29 is 0 Å². The van der Waals surface area contributed by atoms with Crippen molar-refractivity contribution in [1.82, 2.24) is 10.3 Å². The molecule has 1 heterocycles. The highest BCUT2D eigenvalue weighted by Crippen LogP contribution is 2.35. The molecule has 4 heteroatoms. The Balaban J connectivity index is 2.08. The molecule has 0 amide bonds. The van der Waals surface area contributed by atoms with E-state index in [1.54, 1.807) is 0 Å². The van der Waals surface area contributed by atoms with Gasteiger partial charge in [-0.25, -0.2) is 4.98 Å². The molecule has 1 aromatic heterocycles. The van der Waals surface area contributed by atoms with E-state index in [0.717, 1.165) is 25.7 Å². The first-order chi connectivity index (χ1) is 8.26. The van der Waals surface area contributed by atoms with Gasteiger partial charge >= 0.3 is 0 Å². The Morgan fingerprint density at radius 3 is 2.76 bits per heavy atom. The lowest BCUT2D eigenvalue weighted by Gasteiger charge is -2.20. The molecule has 0 aliphatic heterocycles. The maximum Gasteiger partial charge on any atom is 0.186 e. The van der Waals surface area contributed by atoms with Crippen LogP contribution < -0.4 is 10.2 Å². The summed E-state index contributed by atoms with van der Waals surface area (Å²) in [5, 5.41) is 4.62. The summed E-state index contributed by atoms with van der Waals surface area (Å²) in [5.74, 6) is 0. The molecule has 0 saturated heterocycles. The number of nitrogens with one attached hydrogen (secondary N) is 1. The second-order valence-electron chi connectivity index (χ2n) is 4.71. The zero-order chi connectivity index (χ0) is 12.3. The van der Waals surface area contributed by atoms with Gasteiger partial charge in [0.05, 0.1) is 5.69 Å². The Bertz CT molecular complexity index is 358. The van der Waals surface area contributed by atoms with Crippen molar-refractivity contribution in [2.75, 3.05) is 18.0 Å². The van der Waals surface area contributed by atoms with Crippen molar-refractivity contribution in [3.63, 3.8) is 0 Å². The van der Waals surface area contributed by atoms with E-state index in [1.807, 2.05) is 11.3 Å². The number of hydrogen-bond acceptors (Lipinski definition) is 4. The van der Waals surface area contributed by atoms with Crippen LogP contribution in [0.25, 0.3) is 0 Å². The van der Waals surface area contributed by atoms with E-state index in [4.69, 9.17) is 4.98 Å². The fraction of sp³-hybridized carbons (Fsp3) is 0.769. The summed E-state index contributed by atoms with van der Waals surface area (Å²) in [6, 6.07) is 0.771. The van der Waals surface area contributed by atoms with Crippen LogP contribution in [0.1, 0.15) is 43.7 Å². The van der Waals surface area contributed by atoms with E-state index in [9.17, 15) is 0 Å². The van der Waals surface area contributed by atoms with E-state index in [2.05, 4.69) is 31.0 Å². The van der Waals surface area contributed by atoms with Crippen molar-refractivity contribution in [1.29, 1.82) is 0 Å². The van der Waals surface area contributed by atoms with Gasteiger partial charge in [0.1, 0.15) is 0 Å². The first-order valence-electron chi connectivity index (χ1n) is 6.69. The first-order valence-corrected chi connectivity index (χ1v) is 7.51. The van der Waals surface area contributed by atoms with Crippen LogP contribution >= 0.6 is 11.3 Å². The second-order valence-corrected chi connectivity index (χ2v) is 5.77. The average molecular weight is 253 g/mol. The monoisotopic (exact) mass is 253 g/mol. The molecular weight excluding hydrogens is 230 g/mol. The smallest absolute Gasteiger partial charge is 0.186 e. The van der Waals surface area contributed by atoms with Gasteiger partial charge in [0.15, 0.2) is 5.13 Å². The fourth-order valence-corrected chi connectivity index (χ4v) is 3.13. The lowest BCUT2D eigenvalue weighted by molar-refractivity contribution is 0.730. The summed E-state index contributed by atoms with van der Waals surface area (Å²) in [4.78, 5) is 8.65. The van der Waals surface area contributed by atoms with E-state index < -0.39 is 0 Å². The Kier molecular flexibility index (Phi) is 4.40. The molecule has 1 fully saturated rings. The van der Waals surface area contributed by atoms with Crippen molar-refractivity contribution in [3.05, 3.63) is 10.6 Å². The normalized spacial score (nSPS) is 15.2. The summed E-state index contributed by atoms with van der Waals surface area (Å²) in [5.41, 5.74) is 1.20. The van der Waals surface area contributed by atoms with Crippen LogP contribution in [0, 0.1) is 6.92 Å². The lowest BCUT2D eigenvalue weighted by atomic mass is 10.4. The van der Waals surface area contributed by atoms with E-state index in [-0.39, 0.29) is 0 Å². The minimum absolute atomic E-state index is 0.771. The summed E-state index contributed by atoms with van der Waals surface area (Å²) in [6.45, 7) is 9.65. The van der Waals surface area contributed by atoms with Crippen molar-refractivity contribution in [2.24, 2.45) is 0 Å². The Hall–Kier alpha value is -0.610. The van der Waals surface area contributed by atoms with E-state index >= 15 is 0 Å². The number of thiazole rings is 1. The zero-order valence-corrected chi connectivity index (χ0v) is 11.9. The first kappa shape index (κ1) is 12.8. The summed E-state index contributed by atoms with van der Waals surface area (Å²) in [7, 11) is 0. The Morgan fingerprint density at radius 1 is 1.41 bits per heavy atom. The summed E-state index contributed by atoms with van der Waals surface area (Å²) >= 11 is 1.87. The van der Waals surface area contributed by atoms with Gasteiger partial charge in [-0.15, -0.1) is 11.3 Å². The number of anilines is 1. The highest BCUT2D eigenvalue weighted by atomic mass is 32.1. The maximum atomic E-state index is 4.75. The third-order valence-electron chi connectivity index (χ3n) is 3.11. The molecule has 3 nitrogen and oxygen atoms in total. The van der Waals surface area contributed by atoms with Crippen LogP contribution in [0.2, 0.25) is 0 Å². The third kappa shape index (κ3) is 3.19. The van der Waals surface area contributed by atoms with Crippen LogP contribution in [-0.2, 0) is 6.54 Å². The molecule has 96 valence electrons. The quantitative estimate of drug-likeness (QED) is 0.810. The molecule has 1 N–H and O–H groups in total. The molecule has 1 saturated carbocycles. The predicted octanol–water partition coefficient (Wildman–Crippen LogP) is 2.94. The topological polar surface area (TPSA) is 28.2 Å². The van der Waals surface area contributed by atoms with Gasteiger partial charge in [-0.2, -0.15) is 0 Å². The maximum absolute atomic E-state index is 4.75. The van der Waals surface area contributed by atoms with Gasteiger partial charge in [-0.3, -0.25) is 0 Å². The van der Waals surface area contributed by atoms with Crippen LogP contribution in [0.3, 0.4) is 0 Å². The lowest BCUT2D eigenvalue weighted by Crippen LogP contribution is -2.26. The highest BCUT2D eigenvalue weighted by Gasteiger charge is 2.30. The number of hydrogen-bond donors (Lipinski definition) is 1. The zero-order valence-electron chi connectivity index (χ0n) is 11.1. The third-order valence-corrected chi connectivity index (χ3v) is 4.31. The van der Waals surface area contributed by atoms with E-state index in [0.29, 0.717) is 0 Å². The van der Waals surface area contributed by atoms with Gasteiger partial charge in [-0.1, -0.05) is 13.8 Å². The van der Waals surface area contributed by atoms with E-state index in [1.165, 1.54) is 35.0 Å². The van der Waals surface area contributed by atoms with Gasteiger partial charge in [0, 0.05) is 24.0 Å². The largest absolute Gasteiger partial charge is 0.345 e. The SMILES string of the molecule is CCCN(c1nc(C)c(CNCC)s1)C1CC1. The van der Waals surface area contributed by atoms with Gasteiger partial charge in [-0.05, 0) is 32.7 Å². The molecule has 1 aliphatic rings. The molecule has 1 aromatic rings. The fourth-order valence-electron chi connectivity index (χ4n) is 2.00. The molecule has 17 heavy (non-hydrogen) atoms. The molecule has 0 spiro atoms. The van der Waals surface area contributed by atoms with Gasteiger partial charge in [0.25, 0.3) is 0 Å². The standard InChI is InChI=1S/C13H23N3S/c1-4-8-16(11-6-7-11)13-15-10(3)12(17-13)9-14-5-2/h11,14H,4-9H2,1-3H3. The Labute approximate surface area is 108 Å². The number of rotatable bonds is 7. The molecular formula is C13H23N3S. The minimum atomic E-state index is 0.771. The summed E-state index contributed by atoms with van der Waals surface area (Å²) < 4.78 is 0. The Morgan fingerprint density at radius 2 is 2.18 bits per heavy atom. The van der Waals surface area contributed by atoms with Crippen molar-refractivity contribution >= 4 is 16.5 Å². The molecule has 0 aromatic carbocycles. The molecule has 0 radical (unpaired) electrons. The van der Waals surface area contributed by atoms with Crippen molar-refractivity contribution in [3.8, 4) is 0 Å². The van der Waals surface area contributed by atoms with Crippen LogP contribution in [0.4, 0.5) is 5.13 Å². The van der Waals surface area contributed by atoms with Crippen molar-refractivity contribution in [2.45, 2.75) is 52.6 Å². The number of aromatic nitrogens is 1. The average Bonchev–Trinajstić information content (AvgIpc) is 3.08. The molecule has 0 unspecified atom stereocenters. The minimum Gasteiger partial charge on any atom is -0.345 e. The van der Waals surface area contributed by atoms with Crippen LogP contribution in [0.15, 0.2) is 0 Å². The highest BCUT2D eigenvalue weighted by molar-refractivity contribution is 7.15. The van der Waals surface area contributed by atoms with Crippen LogP contribution in [0.5, 0.6) is 0 Å². The summed E-state index contributed by atoms with van der Waals surface area (Å²) in [6.07, 6.45) is 3.90. The number of aryl methyl sites for hydroxylation is 1. The van der Waals surface area contributed by atoms with Gasteiger partial charge in [0.2, 0.25) is 0 Å². The molecule has 1 aliphatic carbocycles. The van der Waals surface area contributed by atoms with Crippen LogP contribution in [-0.4, -0.2) is 24.1 Å². The predicted molar refractivity (Wildman–Crippen MR) is 74.9 cm³/mol. The number of nitrogens with zero attached hydrogens (tertiary/aromatic N) is 2. The molecule has 0 bridgehead atoms. The molecule has 2 rings (SSSR count). The van der Waals surface area contributed by atoms with Gasteiger partial charge < -0.3 is 10.2 Å². The molecule has 0 atom stereocenters.